The van der Waals surface area contributed by atoms with Crippen LogP contribution < -0.4 is 55.7 Å². The molecule has 0 rings (SSSR count). The number of rotatable bonds is 24. The van der Waals surface area contributed by atoms with Crippen molar-refractivity contribution in [2.75, 3.05) is 19.6 Å². The van der Waals surface area contributed by atoms with Crippen molar-refractivity contribution in [3.05, 3.63) is 0 Å². The molecule has 47 heavy (non-hydrogen) atoms. The van der Waals surface area contributed by atoms with E-state index in [0.717, 1.165) is 0 Å². The molecule has 0 aliphatic heterocycles. The first-order chi connectivity index (χ1) is 22.0. The predicted molar refractivity (Wildman–Crippen MR) is 177 cm³/mol. The van der Waals surface area contributed by atoms with Crippen LogP contribution in [0, 0.1) is 5.92 Å². The zero-order valence-corrected chi connectivity index (χ0v) is 27.6. The fourth-order valence-electron chi connectivity index (χ4n) is 4.35. The maximum Gasteiger partial charge on any atom is 0.326 e. The van der Waals surface area contributed by atoms with E-state index in [2.05, 4.69) is 31.3 Å². The highest BCUT2D eigenvalue weighted by Crippen LogP contribution is 2.09. The number of aliphatic hydroxyl groups is 1. The summed E-state index contributed by atoms with van der Waals surface area (Å²) >= 11 is 0. The lowest BCUT2D eigenvalue weighted by atomic mass is 10.0. The van der Waals surface area contributed by atoms with Crippen LogP contribution in [0.3, 0.4) is 0 Å². The molecular formula is C28H56N12O7. The summed E-state index contributed by atoms with van der Waals surface area (Å²) in [4.78, 5) is 72.1. The van der Waals surface area contributed by atoms with Crippen LogP contribution in [0.2, 0.25) is 0 Å². The van der Waals surface area contributed by atoms with E-state index in [9.17, 15) is 34.2 Å². The smallest absolute Gasteiger partial charge is 0.326 e. The van der Waals surface area contributed by atoms with Crippen molar-refractivity contribution in [3.8, 4) is 0 Å². The number of carbonyl (C=O) groups excluding carboxylic acids is 4. The number of guanidine groups is 2. The molecular weight excluding hydrogens is 616 g/mol. The molecule has 0 aliphatic rings. The average molecular weight is 673 g/mol. The molecule has 19 heteroatoms. The topological polar surface area (TPSA) is 355 Å². The monoisotopic (exact) mass is 672 g/mol. The first-order valence-corrected chi connectivity index (χ1v) is 15.7. The van der Waals surface area contributed by atoms with Gasteiger partial charge in [0.25, 0.3) is 0 Å². The highest BCUT2D eigenvalue weighted by atomic mass is 16.4. The Morgan fingerprint density at radius 3 is 1.62 bits per heavy atom. The molecule has 6 atom stereocenters. The van der Waals surface area contributed by atoms with Crippen LogP contribution in [0.25, 0.3) is 0 Å². The van der Waals surface area contributed by atoms with Gasteiger partial charge in [0.1, 0.15) is 24.2 Å². The molecule has 0 unspecified atom stereocenters. The van der Waals surface area contributed by atoms with Crippen molar-refractivity contribution in [2.24, 2.45) is 50.3 Å². The Hall–Kier alpha value is -4.23. The van der Waals surface area contributed by atoms with Crippen LogP contribution in [0.1, 0.15) is 72.1 Å². The Labute approximate surface area is 275 Å². The van der Waals surface area contributed by atoms with Gasteiger partial charge in [-0.1, -0.05) is 20.3 Å². The zero-order chi connectivity index (χ0) is 36.1. The molecule has 0 heterocycles. The zero-order valence-electron chi connectivity index (χ0n) is 27.6. The summed E-state index contributed by atoms with van der Waals surface area (Å²) in [5.41, 5.74) is 32.8. The Balaban J connectivity index is 5.82. The summed E-state index contributed by atoms with van der Waals surface area (Å²) in [5, 5.41) is 30.0. The van der Waals surface area contributed by atoms with E-state index >= 15 is 0 Å². The molecule has 0 saturated carbocycles. The number of nitrogens with one attached hydrogen (secondary N) is 4. The van der Waals surface area contributed by atoms with E-state index in [1.807, 2.05) is 0 Å². The molecule has 18 N–H and O–H groups in total. The van der Waals surface area contributed by atoms with Crippen LogP contribution >= 0.6 is 0 Å². The third-order valence-electron chi connectivity index (χ3n) is 6.85. The third kappa shape index (κ3) is 19.1. The fourth-order valence-corrected chi connectivity index (χ4v) is 4.35. The first kappa shape index (κ1) is 42.8. The number of aliphatic imine (C=N–C) groups is 2. The van der Waals surface area contributed by atoms with Crippen molar-refractivity contribution < 1.29 is 34.2 Å². The molecule has 0 aliphatic carbocycles. The Morgan fingerprint density at radius 2 is 1.15 bits per heavy atom. The number of carbonyl (C=O) groups is 5. The van der Waals surface area contributed by atoms with Gasteiger partial charge in [-0.15, -0.1) is 0 Å². The molecule has 4 amide bonds. The van der Waals surface area contributed by atoms with Gasteiger partial charge in [-0.25, -0.2) is 4.79 Å². The number of unbranched alkanes of at least 4 members (excludes halogenated alkanes) is 1. The van der Waals surface area contributed by atoms with E-state index in [4.69, 9.17) is 34.4 Å². The minimum absolute atomic E-state index is 0.0134. The normalized spacial score (nSPS) is 14.8. The van der Waals surface area contributed by atoms with Crippen LogP contribution in [0.5, 0.6) is 0 Å². The van der Waals surface area contributed by atoms with E-state index in [-0.39, 0.29) is 63.0 Å². The van der Waals surface area contributed by atoms with Crippen molar-refractivity contribution in [3.63, 3.8) is 0 Å². The number of carboxylic acid groups (broad SMARTS) is 1. The van der Waals surface area contributed by atoms with E-state index < -0.39 is 65.9 Å². The van der Waals surface area contributed by atoms with Crippen LogP contribution in [-0.2, 0) is 24.0 Å². The minimum atomic E-state index is -1.55. The second-order valence-electron chi connectivity index (χ2n) is 11.7. The molecule has 19 nitrogen and oxygen atoms in total. The number of aliphatic hydroxyl groups excluding tert-OH is 1. The summed E-state index contributed by atoms with van der Waals surface area (Å²) in [5.74, 6) is -4.78. The number of nitrogens with two attached hydrogens (primary N) is 6. The molecule has 0 saturated heterocycles. The molecule has 0 aromatic heterocycles. The van der Waals surface area contributed by atoms with Gasteiger partial charge in [-0.2, -0.15) is 0 Å². The summed E-state index contributed by atoms with van der Waals surface area (Å²) in [6.07, 6.45) is 0.905. The molecule has 0 spiro atoms. The van der Waals surface area contributed by atoms with Gasteiger partial charge < -0.3 is 65.9 Å². The lowest BCUT2D eigenvalue weighted by molar-refractivity contribution is -0.142. The fraction of sp³-hybridized carbons (Fsp3) is 0.750. The van der Waals surface area contributed by atoms with Crippen molar-refractivity contribution in [2.45, 2.75) is 108 Å². The maximum absolute atomic E-state index is 13.4. The van der Waals surface area contributed by atoms with Crippen molar-refractivity contribution in [1.29, 1.82) is 0 Å². The quantitative estimate of drug-likeness (QED) is 0.0264. The SMILES string of the molecule is CC(C)C[C@H](NC(=O)[C@H](NC(=O)[C@H](CCCN=C(N)N)NC(=O)[C@H](N)CCCCN)[C@H](C)O)C(=O)N[C@@H](CCCN=C(N)N)C(=O)O. The summed E-state index contributed by atoms with van der Waals surface area (Å²) in [6, 6.07) is -6.13. The minimum Gasteiger partial charge on any atom is -0.480 e. The van der Waals surface area contributed by atoms with Gasteiger partial charge in [-0.3, -0.25) is 29.2 Å². The summed E-state index contributed by atoms with van der Waals surface area (Å²) in [7, 11) is 0. The van der Waals surface area contributed by atoms with Gasteiger partial charge >= 0.3 is 5.97 Å². The van der Waals surface area contributed by atoms with E-state index in [1.54, 1.807) is 13.8 Å². The first-order valence-electron chi connectivity index (χ1n) is 15.7. The molecule has 0 aromatic rings. The van der Waals surface area contributed by atoms with Gasteiger partial charge in [0.2, 0.25) is 23.6 Å². The number of hydrogen-bond donors (Lipinski definition) is 12. The van der Waals surface area contributed by atoms with Crippen molar-refractivity contribution in [1.82, 2.24) is 21.3 Å². The van der Waals surface area contributed by atoms with E-state index in [1.165, 1.54) is 6.92 Å². The second kappa shape index (κ2) is 23.1. The number of carboxylic acids is 1. The van der Waals surface area contributed by atoms with Gasteiger partial charge in [0.05, 0.1) is 12.1 Å². The number of hydrogen-bond acceptors (Lipinski definition) is 10. The Morgan fingerprint density at radius 1 is 0.660 bits per heavy atom. The average Bonchev–Trinajstić information content (AvgIpc) is 2.97. The third-order valence-corrected chi connectivity index (χ3v) is 6.85. The lowest BCUT2D eigenvalue weighted by Crippen LogP contribution is -2.61. The standard InChI is InChI=1S/C28H56N12O7/c1-15(2)14-20(24(44)38-19(26(46)47)10-7-13-36-28(33)34)39-25(45)21(16(3)41)40-23(43)18(9-6-12-35-27(31)32)37-22(42)17(30)8-4-5-11-29/h15-21,41H,4-14,29-30H2,1-3H3,(H,37,42)(H,38,44)(H,39,45)(H,40,43)(H,46,47)(H4,31,32,35)(H4,33,34,36)/t16-,17+,18-,19-,20-,21+/m0/s1. The Bertz CT molecular complexity index is 1060. The van der Waals surface area contributed by atoms with Crippen LogP contribution in [-0.4, -0.2) is 108 Å². The number of nitrogens with zero attached hydrogens (tertiary/aromatic N) is 2. The number of amides is 4. The molecule has 0 bridgehead atoms. The largest absolute Gasteiger partial charge is 0.480 e. The highest BCUT2D eigenvalue weighted by Gasteiger charge is 2.34. The van der Waals surface area contributed by atoms with E-state index in [0.29, 0.717) is 25.8 Å². The second-order valence-corrected chi connectivity index (χ2v) is 11.7. The summed E-state index contributed by atoms with van der Waals surface area (Å²) < 4.78 is 0. The van der Waals surface area contributed by atoms with Crippen molar-refractivity contribution >= 4 is 41.5 Å². The maximum atomic E-state index is 13.4. The van der Waals surface area contributed by atoms with Gasteiger partial charge in [0.15, 0.2) is 11.9 Å². The number of aliphatic carboxylic acids is 1. The molecule has 270 valence electrons. The lowest BCUT2D eigenvalue weighted by Gasteiger charge is -2.28. The molecule has 0 fully saturated rings. The molecule has 0 aromatic carbocycles. The molecule has 0 radical (unpaired) electrons. The Kier molecular flexibility index (Phi) is 21.1. The van der Waals surface area contributed by atoms with Gasteiger partial charge in [0, 0.05) is 13.1 Å². The van der Waals surface area contributed by atoms with Crippen LogP contribution in [0.15, 0.2) is 9.98 Å². The predicted octanol–water partition coefficient (Wildman–Crippen LogP) is -4.00. The highest BCUT2D eigenvalue weighted by molar-refractivity contribution is 5.95. The van der Waals surface area contributed by atoms with Crippen LogP contribution in [0.4, 0.5) is 0 Å². The summed E-state index contributed by atoms with van der Waals surface area (Å²) in [6.45, 7) is 5.59. The van der Waals surface area contributed by atoms with Gasteiger partial charge in [-0.05, 0) is 64.3 Å².